The van der Waals surface area contributed by atoms with Crippen LogP contribution < -0.4 is 0 Å². The summed E-state index contributed by atoms with van der Waals surface area (Å²) in [6.07, 6.45) is 5.13. The zero-order chi connectivity index (χ0) is 11.3. The molecule has 84 valence electrons. The first-order valence-electron chi connectivity index (χ1n) is 5.79. The molecule has 0 aliphatic rings. The lowest BCUT2D eigenvalue weighted by atomic mass is 9.91. The molecule has 1 N–H and O–H groups in total. The molecule has 1 heterocycles. The molecule has 0 atom stereocenters. The van der Waals surface area contributed by atoms with Gasteiger partial charge in [-0.1, -0.05) is 26.8 Å². The Morgan fingerprint density at radius 1 is 1.20 bits per heavy atom. The molecule has 0 amide bonds. The molecule has 15 heavy (non-hydrogen) atoms. The van der Waals surface area contributed by atoms with Gasteiger partial charge in [-0.25, -0.2) is 0 Å². The van der Waals surface area contributed by atoms with Crippen LogP contribution in [0.3, 0.4) is 0 Å². The van der Waals surface area contributed by atoms with Gasteiger partial charge in [0, 0.05) is 18.3 Å². The summed E-state index contributed by atoms with van der Waals surface area (Å²) in [6.45, 7) is 6.15. The van der Waals surface area contributed by atoms with E-state index in [-0.39, 0.29) is 0 Å². The Hall–Kier alpha value is -0.890. The Bertz CT molecular complexity index is 288. The van der Waals surface area contributed by atoms with Crippen molar-refractivity contribution in [2.45, 2.75) is 52.1 Å². The van der Waals surface area contributed by atoms with Crippen LogP contribution in [0, 0.1) is 0 Å². The molecular weight excluding hydrogens is 186 g/mol. The van der Waals surface area contributed by atoms with Crippen LogP contribution >= 0.6 is 0 Å². The van der Waals surface area contributed by atoms with Crippen molar-refractivity contribution in [2.75, 3.05) is 0 Å². The van der Waals surface area contributed by atoms with E-state index in [1.807, 2.05) is 26.1 Å². The molecule has 0 saturated heterocycles. The first-order valence-corrected chi connectivity index (χ1v) is 5.79. The highest BCUT2D eigenvalue weighted by Crippen LogP contribution is 2.19. The summed E-state index contributed by atoms with van der Waals surface area (Å²) in [7, 11) is 0. The number of hydrogen-bond donors (Lipinski definition) is 1. The molecule has 2 nitrogen and oxygen atoms in total. The van der Waals surface area contributed by atoms with Gasteiger partial charge in [0.05, 0.1) is 5.60 Å². The molecule has 0 aliphatic heterocycles. The third-order valence-corrected chi connectivity index (χ3v) is 3.12. The van der Waals surface area contributed by atoms with E-state index in [1.54, 1.807) is 0 Å². The molecule has 0 spiro atoms. The first kappa shape index (κ1) is 12.2. The Morgan fingerprint density at radius 3 is 2.27 bits per heavy atom. The highest BCUT2D eigenvalue weighted by Gasteiger charge is 2.22. The summed E-state index contributed by atoms with van der Waals surface area (Å²) in [4.78, 5) is 4.37. The lowest BCUT2D eigenvalue weighted by molar-refractivity contribution is 0.0317. The predicted molar refractivity (Wildman–Crippen MR) is 62.9 cm³/mol. The van der Waals surface area contributed by atoms with Gasteiger partial charge < -0.3 is 5.11 Å². The van der Waals surface area contributed by atoms with Gasteiger partial charge in [-0.2, -0.15) is 0 Å². The quantitative estimate of drug-likeness (QED) is 0.805. The van der Waals surface area contributed by atoms with E-state index in [2.05, 4.69) is 18.0 Å². The Morgan fingerprint density at radius 2 is 1.87 bits per heavy atom. The predicted octanol–water partition coefficient (Wildman–Crippen LogP) is 2.74. The van der Waals surface area contributed by atoms with E-state index in [9.17, 15) is 5.11 Å². The first-order chi connectivity index (χ1) is 7.13. The van der Waals surface area contributed by atoms with E-state index in [0.717, 1.165) is 25.0 Å². The molecule has 0 saturated carbocycles. The van der Waals surface area contributed by atoms with Crippen LogP contribution in [-0.2, 0) is 12.8 Å². The number of rotatable bonds is 5. The average molecular weight is 207 g/mol. The second kappa shape index (κ2) is 5.26. The van der Waals surface area contributed by atoms with Gasteiger partial charge in [-0.05, 0) is 30.9 Å². The highest BCUT2D eigenvalue weighted by molar-refractivity contribution is 5.15. The molecule has 0 aliphatic carbocycles. The van der Waals surface area contributed by atoms with Gasteiger partial charge in [-0.3, -0.25) is 4.98 Å². The number of aryl methyl sites for hydroxylation is 1. The van der Waals surface area contributed by atoms with E-state index < -0.39 is 5.60 Å². The SMILES string of the molecule is CCc1ccc(CC(O)(CC)CC)nc1. The minimum absolute atomic E-state index is 0.583. The van der Waals surface area contributed by atoms with Crippen molar-refractivity contribution in [3.63, 3.8) is 0 Å². The molecule has 1 rings (SSSR count). The van der Waals surface area contributed by atoms with Crippen molar-refractivity contribution in [3.05, 3.63) is 29.6 Å². The zero-order valence-electron chi connectivity index (χ0n) is 9.95. The number of aliphatic hydroxyl groups is 1. The van der Waals surface area contributed by atoms with Gasteiger partial charge in [0.2, 0.25) is 0 Å². The Balaban J connectivity index is 2.71. The smallest absolute Gasteiger partial charge is 0.0697 e. The number of nitrogens with zero attached hydrogens (tertiary/aromatic N) is 1. The summed E-state index contributed by atoms with van der Waals surface area (Å²) in [5.74, 6) is 0. The second-order valence-electron chi connectivity index (χ2n) is 4.12. The van der Waals surface area contributed by atoms with Crippen LogP contribution in [0.1, 0.15) is 44.9 Å². The van der Waals surface area contributed by atoms with Crippen molar-refractivity contribution in [3.8, 4) is 0 Å². The minimum Gasteiger partial charge on any atom is -0.390 e. The van der Waals surface area contributed by atoms with E-state index in [1.165, 1.54) is 5.56 Å². The molecule has 2 heteroatoms. The second-order valence-corrected chi connectivity index (χ2v) is 4.12. The largest absolute Gasteiger partial charge is 0.390 e. The van der Waals surface area contributed by atoms with Gasteiger partial charge in [-0.15, -0.1) is 0 Å². The Labute approximate surface area is 92.4 Å². The molecule has 0 unspecified atom stereocenters. The lowest BCUT2D eigenvalue weighted by Crippen LogP contribution is -2.29. The normalized spacial score (nSPS) is 11.7. The van der Waals surface area contributed by atoms with E-state index in [4.69, 9.17) is 0 Å². The monoisotopic (exact) mass is 207 g/mol. The molecule has 1 aromatic heterocycles. The maximum Gasteiger partial charge on any atom is 0.0697 e. The lowest BCUT2D eigenvalue weighted by Gasteiger charge is -2.24. The topological polar surface area (TPSA) is 33.1 Å². The summed E-state index contributed by atoms with van der Waals surface area (Å²) >= 11 is 0. The van der Waals surface area contributed by atoms with Crippen LogP contribution in [0.5, 0.6) is 0 Å². The van der Waals surface area contributed by atoms with Gasteiger partial charge in [0.25, 0.3) is 0 Å². The minimum atomic E-state index is -0.583. The molecule has 0 fully saturated rings. The zero-order valence-corrected chi connectivity index (χ0v) is 9.95. The van der Waals surface area contributed by atoms with E-state index >= 15 is 0 Å². The van der Waals surface area contributed by atoms with Crippen LogP contribution in [0.2, 0.25) is 0 Å². The van der Waals surface area contributed by atoms with Crippen LogP contribution in [0.15, 0.2) is 18.3 Å². The van der Waals surface area contributed by atoms with Crippen molar-refractivity contribution in [1.29, 1.82) is 0 Å². The molecule has 0 aromatic carbocycles. The van der Waals surface area contributed by atoms with Crippen LogP contribution in [-0.4, -0.2) is 15.7 Å². The standard InChI is InChI=1S/C13H21NO/c1-4-11-7-8-12(14-10-11)9-13(15,5-2)6-3/h7-8,10,15H,4-6,9H2,1-3H3. The molecular formula is C13H21NO. The van der Waals surface area contributed by atoms with Gasteiger partial charge in [0.1, 0.15) is 0 Å². The van der Waals surface area contributed by atoms with E-state index in [0.29, 0.717) is 6.42 Å². The maximum absolute atomic E-state index is 10.2. The van der Waals surface area contributed by atoms with Gasteiger partial charge in [0.15, 0.2) is 0 Å². The number of aromatic nitrogens is 1. The average Bonchev–Trinajstić information content (AvgIpc) is 2.30. The highest BCUT2D eigenvalue weighted by atomic mass is 16.3. The summed E-state index contributed by atoms with van der Waals surface area (Å²) < 4.78 is 0. The summed E-state index contributed by atoms with van der Waals surface area (Å²) in [5.41, 5.74) is 1.65. The Kier molecular flexibility index (Phi) is 4.28. The van der Waals surface area contributed by atoms with Gasteiger partial charge >= 0.3 is 0 Å². The number of pyridine rings is 1. The fourth-order valence-electron chi connectivity index (χ4n) is 1.61. The summed E-state index contributed by atoms with van der Waals surface area (Å²) in [5, 5.41) is 10.2. The van der Waals surface area contributed by atoms with Crippen LogP contribution in [0.4, 0.5) is 0 Å². The third kappa shape index (κ3) is 3.31. The summed E-state index contributed by atoms with van der Waals surface area (Å²) in [6, 6.07) is 4.11. The fraction of sp³-hybridized carbons (Fsp3) is 0.615. The van der Waals surface area contributed by atoms with Crippen molar-refractivity contribution in [2.24, 2.45) is 0 Å². The molecule has 0 bridgehead atoms. The van der Waals surface area contributed by atoms with Crippen molar-refractivity contribution in [1.82, 2.24) is 4.98 Å². The van der Waals surface area contributed by atoms with Crippen molar-refractivity contribution < 1.29 is 5.11 Å². The van der Waals surface area contributed by atoms with Crippen molar-refractivity contribution >= 4 is 0 Å². The van der Waals surface area contributed by atoms with Crippen LogP contribution in [0.25, 0.3) is 0 Å². The fourth-order valence-corrected chi connectivity index (χ4v) is 1.61. The third-order valence-electron chi connectivity index (χ3n) is 3.12. The number of hydrogen-bond acceptors (Lipinski definition) is 2. The molecule has 0 radical (unpaired) electrons. The molecule has 1 aromatic rings. The maximum atomic E-state index is 10.2.